The van der Waals surface area contributed by atoms with E-state index in [1.807, 2.05) is 13.0 Å². The predicted octanol–water partition coefficient (Wildman–Crippen LogP) is 2.45. The zero-order valence-electron chi connectivity index (χ0n) is 10.6. The van der Waals surface area contributed by atoms with Gasteiger partial charge in [0, 0.05) is 7.11 Å². The molecular formula is C13H15FN2O2. The molecule has 0 aliphatic heterocycles. The highest BCUT2D eigenvalue weighted by molar-refractivity contribution is 5.97. The molecule has 1 aromatic rings. The van der Waals surface area contributed by atoms with Crippen LogP contribution >= 0.6 is 0 Å². The monoisotopic (exact) mass is 250 g/mol. The second-order valence-corrected chi connectivity index (χ2v) is 4.04. The van der Waals surface area contributed by atoms with Crippen LogP contribution in [0, 0.1) is 17.1 Å². The molecule has 1 aromatic carbocycles. The average Bonchev–Trinajstić information content (AvgIpc) is 2.39. The maximum Gasteiger partial charge on any atom is 0.256 e. The van der Waals surface area contributed by atoms with Crippen molar-refractivity contribution in [3.8, 4) is 6.07 Å². The van der Waals surface area contributed by atoms with Crippen LogP contribution in [0.25, 0.3) is 0 Å². The number of benzene rings is 1. The highest BCUT2D eigenvalue weighted by Gasteiger charge is 2.31. The Morgan fingerprint density at radius 1 is 1.61 bits per heavy atom. The van der Waals surface area contributed by atoms with Gasteiger partial charge in [0.1, 0.15) is 17.5 Å². The summed E-state index contributed by atoms with van der Waals surface area (Å²) >= 11 is 0. The highest BCUT2D eigenvalue weighted by Crippen LogP contribution is 2.20. The van der Waals surface area contributed by atoms with E-state index in [4.69, 9.17) is 10.00 Å². The van der Waals surface area contributed by atoms with Crippen molar-refractivity contribution in [1.82, 2.24) is 0 Å². The van der Waals surface area contributed by atoms with Gasteiger partial charge in [-0.3, -0.25) is 4.79 Å². The average molecular weight is 250 g/mol. The van der Waals surface area contributed by atoms with Crippen LogP contribution in [-0.4, -0.2) is 18.6 Å². The minimum Gasteiger partial charge on any atom is -0.369 e. The van der Waals surface area contributed by atoms with Crippen molar-refractivity contribution in [1.29, 1.82) is 5.26 Å². The normalized spacial score (nSPS) is 13.5. The number of amides is 1. The highest BCUT2D eigenvalue weighted by atomic mass is 19.1. The minimum atomic E-state index is -0.971. The Kier molecular flexibility index (Phi) is 4.40. The summed E-state index contributed by atoms with van der Waals surface area (Å²) in [4.78, 5) is 12.0. The number of halogens is 1. The number of hydrogen-bond acceptors (Lipinski definition) is 3. The molecule has 0 aliphatic carbocycles. The molecule has 1 amide bonds. The minimum absolute atomic E-state index is 0.0814. The van der Waals surface area contributed by atoms with Crippen molar-refractivity contribution < 1.29 is 13.9 Å². The van der Waals surface area contributed by atoms with E-state index in [2.05, 4.69) is 5.32 Å². The Labute approximate surface area is 105 Å². The Hall–Kier alpha value is -1.93. The summed E-state index contributed by atoms with van der Waals surface area (Å²) in [6.45, 7) is 3.47. The number of ether oxygens (including phenoxy) is 1. The van der Waals surface area contributed by atoms with Gasteiger partial charge in [0.2, 0.25) is 0 Å². The van der Waals surface area contributed by atoms with E-state index in [1.165, 1.54) is 19.2 Å². The van der Waals surface area contributed by atoms with E-state index in [9.17, 15) is 9.18 Å². The van der Waals surface area contributed by atoms with E-state index in [-0.39, 0.29) is 17.2 Å². The lowest BCUT2D eigenvalue weighted by Crippen LogP contribution is -2.41. The molecule has 0 saturated carbocycles. The lowest BCUT2D eigenvalue weighted by molar-refractivity contribution is -0.136. The molecule has 18 heavy (non-hydrogen) atoms. The van der Waals surface area contributed by atoms with Gasteiger partial charge in [-0.05, 0) is 31.5 Å². The molecule has 1 unspecified atom stereocenters. The third kappa shape index (κ3) is 2.84. The van der Waals surface area contributed by atoms with Gasteiger partial charge in [-0.2, -0.15) is 5.26 Å². The molecule has 0 aliphatic rings. The van der Waals surface area contributed by atoms with Crippen molar-refractivity contribution in [2.45, 2.75) is 25.9 Å². The first-order valence-corrected chi connectivity index (χ1v) is 5.53. The summed E-state index contributed by atoms with van der Waals surface area (Å²) < 4.78 is 18.1. The van der Waals surface area contributed by atoms with E-state index in [1.54, 1.807) is 6.92 Å². The first-order valence-electron chi connectivity index (χ1n) is 5.53. The fourth-order valence-corrected chi connectivity index (χ4v) is 1.37. The summed E-state index contributed by atoms with van der Waals surface area (Å²) in [5.74, 6) is -0.884. The summed E-state index contributed by atoms with van der Waals surface area (Å²) in [6, 6.07) is 5.45. The number of methoxy groups -OCH3 is 1. The number of nitrogens with one attached hydrogen (secondary N) is 1. The largest absolute Gasteiger partial charge is 0.369 e. The van der Waals surface area contributed by atoms with Gasteiger partial charge >= 0.3 is 0 Å². The SMILES string of the molecule is CCC(C)(OC)C(=O)Nc1ccc(F)cc1C#N. The zero-order valence-corrected chi connectivity index (χ0v) is 10.6. The fourth-order valence-electron chi connectivity index (χ4n) is 1.37. The molecule has 0 spiro atoms. The molecule has 5 heteroatoms. The van der Waals surface area contributed by atoms with Gasteiger partial charge in [-0.1, -0.05) is 6.92 Å². The maximum absolute atomic E-state index is 12.9. The third-order valence-corrected chi connectivity index (χ3v) is 2.96. The van der Waals surface area contributed by atoms with Crippen LogP contribution < -0.4 is 5.32 Å². The number of carbonyl (C=O) groups excluding carboxylic acids is 1. The Morgan fingerprint density at radius 3 is 2.78 bits per heavy atom. The lowest BCUT2D eigenvalue weighted by atomic mass is 10.0. The van der Waals surface area contributed by atoms with Crippen molar-refractivity contribution >= 4 is 11.6 Å². The number of nitriles is 1. The third-order valence-electron chi connectivity index (χ3n) is 2.96. The van der Waals surface area contributed by atoms with Crippen LogP contribution in [-0.2, 0) is 9.53 Å². The molecular weight excluding hydrogens is 235 g/mol. The van der Waals surface area contributed by atoms with Crippen LogP contribution in [0.5, 0.6) is 0 Å². The van der Waals surface area contributed by atoms with Gasteiger partial charge < -0.3 is 10.1 Å². The van der Waals surface area contributed by atoms with E-state index in [0.29, 0.717) is 6.42 Å². The van der Waals surface area contributed by atoms with Crippen LogP contribution in [0.1, 0.15) is 25.8 Å². The van der Waals surface area contributed by atoms with Gasteiger partial charge in [0.15, 0.2) is 0 Å². The number of anilines is 1. The molecule has 1 N–H and O–H groups in total. The smallest absolute Gasteiger partial charge is 0.256 e. The van der Waals surface area contributed by atoms with Crippen LogP contribution in [0.15, 0.2) is 18.2 Å². The Bertz CT molecular complexity index is 490. The van der Waals surface area contributed by atoms with Crippen molar-refractivity contribution in [2.75, 3.05) is 12.4 Å². The van der Waals surface area contributed by atoms with Gasteiger partial charge in [-0.25, -0.2) is 4.39 Å². The molecule has 0 aromatic heterocycles. The first-order chi connectivity index (χ1) is 8.46. The summed E-state index contributed by atoms with van der Waals surface area (Å²) in [5.41, 5.74) is -0.611. The molecule has 1 atom stereocenters. The van der Waals surface area contributed by atoms with Gasteiger partial charge in [0.25, 0.3) is 5.91 Å². The molecule has 4 nitrogen and oxygen atoms in total. The summed E-state index contributed by atoms with van der Waals surface area (Å²) in [5, 5.41) is 11.5. The van der Waals surface area contributed by atoms with Gasteiger partial charge in [0.05, 0.1) is 11.3 Å². The predicted molar refractivity (Wildman–Crippen MR) is 65.4 cm³/mol. The van der Waals surface area contributed by atoms with Crippen LogP contribution in [0.4, 0.5) is 10.1 Å². The molecule has 0 saturated heterocycles. The van der Waals surface area contributed by atoms with Crippen molar-refractivity contribution in [2.24, 2.45) is 0 Å². The second-order valence-electron chi connectivity index (χ2n) is 4.04. The lowest BCUT2D eigenvalue weighted by Gasteiger charge is -2.25. The molecule has 0 bridgehead atoms. The summed E-state index contributed by atoms with van der Waals surface area (Å²) in [7, 11) is 1.44. The second kappa shape index (κ2) is 5.61. The van der Waals surface area contributed by atoms with E-state index < -0.39 is 11.4 Å². The van der Waals surface area contributed by atoms with Crippen LogP contribution in [0.2, 0.25) is 0 Å². The molecule has 0 radical (unpaired) electrons. The van der Waals surface area contributed by atoms with Crippen molar-refractivity contribution in [3.05, 3.63) is 29.6 Å². The summed E-state index contributed by atoms with van der Waals surface area (Å²) in [6.07, 6.45) is 0.485. The molecule has 96 valence electrons. The Balaban J connectivity index is 2.99. The number of rotatable bonds is 4. The molecule has 0 heterocycles. The number of hydrogen-bond donors (Lipinski definition) is 1. The number of nitrogens with zero attached hydrogens (tertiary/aromatic N) is 1. The Morgan fingerprint density at radius 2 is 2.28 bits per heavy atom. The molecule has 0 fully saturated rings. The topological polar surface area (TPSA) is 62.1 Å². The van der Waals surface area contributed by atoms with E-state index in [0.717, 1.165) is 6.07 Å². The van der Waals surface area contributed by atoms with E-state index >= 15 is 0 Å². The zero-order chi connectivity index (χ0) is 13.8. The van der Waals surface area contributed by atoms with Crippen LogP contribution in [0.3, 0.4) is 0 Å². The standard InChI is InChI=1S/C13H15FN2O2/c1-4-13(2,18-3)12(17)16-11-6-5-10(14)7-9(11)8-15/h5-7H,4H2,1-3H3,(H,16,17). The number of carbonyl (C=O) groups is 1. The first kappa shape index (κ1) is 14.1. The quantitative estimate of drug-likeness (QED) is 0.892. The fraction of sp³-hybridized carbons (Fsp3) is 0.385. The van der Waals surface area contributed by atoms with Crippen molar-refractivity contribution in [3.63, 3.8) is 0 Å². The van der Waals surface area contributed by atoms with Gasteiger partial charge in [-0.15, -0.1) is 0 Å². The molecule has 1 rings (SSSR count). The maximum atomic E-state index is 12.9.